The number of fused-ring (bicyclic) bond motifs is 1. The van der Waals surface area contributed by atoms with Crippen molar-refractivity contribution in [2.45, 2.75) is 24.2 Å². The molecule has 1 fully saturated rings. The molecule has 0 radical (unpaired) electrons. The van der Waals surface area contributed by atoms with Gasteiger partial charge in [-0.15, -0.1) is 0 Å². The van der Waals surface area contributed by atoms with Crippen molar-refractivity contribution in [3.8, 4) is 5.75 Å². The van der Waals surface area contributed by atoms with Crippen LogP contribution >= 0.6 is 0 Å². The number of methoxy groups -OCH3 is 1. The van der Waals surface area contributed by atoms with Crippen molar-refractivity contribution < 1.29 is 17.9 Å². The number of amides is 1. The maximum Gasteiger partial charge on any atom is 0.259 e. The van der Waals surface area contributed by atoms with Gasteiger partial charge in [0.1, 0.15) is 5.75 Å². The predicted octanol–water partition coefficient (Wildman–Crippen LogP) is 4.28. The minimum atomic E-state index is -3.65. The summed E-state index contributed by atoms with van der Waals surface area (Å²) >= 11 is 0. The first-order chi connectivity index (χ1) is 14.5. The van der Waals surface area contributed by atoms with Crippen LogP contribution in [0.5, 0.6) is 5.75 Å². The first-order valence-electron chi connectivity index (χ1n) is 9.97. The fourth-order valence-corrected chi connectivity index (χ4v) is 5.29. The average molecular weight is 425 g/mol. The van der Waals surface area contributed by atoms with E-state index < -0.39 is 15.9 Å². The van der Waals surface area contributed by atoms with Crippen LogP contribution in [0.1, 0.15) is 29.6 Å². The molecular weight excluding hydrogens is 400 g/mol. The maximum absolute atomic E-state index is 13.0. The van der Waals surface area contributed by atoms with E-state index in [1.54, 1.807) is 0 Å². The van der Waals surface area contributed by atoms with E-state index in [9.17, 15) is 13.2 Å². The van der Waals surface area contributed by atoms with Gasteiger partial charge < -0.3 is 10.1 Å². The molecule has 0 saturated carbocycles. The fraction of sp³-hybridized carbons (Fsp3) is 0.261. The molecule has 1 saturated heterocycles. The number of anilines is 1. The van der Waals surface area contributed by atoms with Crippen LogP contribution in [-0.4, -0.2) is 38.8 Å². The highest BCUT2D eigenvalue weighted by atomic mass is 32.2. The molecule has 7 heteroatoms. The first-order valence-corrected chi connectivity index (χ1v) is 11.4. The summed E-state index contributed by atoms with van der Waals surface area (Å²) in [5.74, 6) is -0.0938. The highest BCUT2D eigenvalue weighted by Crippen LogP contribution is 2.27. The normalized spacial score (nSPS) is 15.1. The van der Waals surface area contributed by atoms with Gasteiger partial charge in [0.15, 0.2) is 0 Å². The third kappa shape index (κ3) is 4.04. The Balaban J connectivity index is 1.64. The lowest BCUT2D eigenvalue weighted by atomic mass is 10.1. The predicted molar refractivity (Wildman–Crippen MR) is 118 cm³/mol. The zero-order chi connectivity index (χ0) is 21.1. The maximum atomic E-state index is 13.0. The van der Waals surface area contributed by atoms with Crippen molar-refractivity contribution in [3.05, 3.63) is 66.2 Å². The third-order valence-electron chi connectivity index (χ3n) is 5.38. The summed E-state index contributed by atoms with van der Waals surface area (Å²) < 4.78 is 32.8. The van der Waals surface area contributed by atoms with Crippen molar-refractivity contribution in [1.29, 1.82) is 0 Å². The zero-order valence-corrected chi connectivity index (χ0v) is 17.6. The van der Waals surface area contributed by atoms with E-state index in [0.29, 0.717) is 24.5 Å². The van der Waals surface area contributed by atoms with Crippen molar-refractivity contribution in [2.75, 3.05) is 25.5 Å². The monoisotopic (exact) mass is 424 g/mol. The van der Waals surface area contributed by atoms with E-state index in [0.717, 1.165) is 30.0 Å². The van der Waals surface area contributed by atoms with E-state index in [-0.39, 0.29) is 10.5 Å². The van der Waals surface area contributed by atoms with Crippen LogP contribution in [0.25, 0.3) is 10.8 Å². The molecule has 0 spiro atoms. The molecule has 1 aliphatic rings. The Morgan fingerprint density at radius 1 is 0.933 bits per heavy atom. The number of benzene rings is 3. The van der Waals surface area contributed by atoms with Crippen LogP contribution in [0.4, 0.5) is 5.69 Å². The molecule has 1 amide bonds. The van der Waals surface area contributed by atoms with Gasteiger partial charge in [-0.2, -0.15) is 4.31 Å². The highest BCUT2D eigenvalue weighted by molar-refractivity contribution is 7.89. The molecule has 0 bridgehead atoms. The summed E-state index contributed by atoms with van der Waals surface area (Å²) in [6.45, 7) is 1.01. The van der Waals surface area contributed by atoms with E-state index in [1.165, 1.54) is 29.6 Å². The van der Waals surface area contributed by atoms with Crippen LogP contribution in [0.2, 0.25) is 0 Å². The minimum absolute atomic E-state index is 0.105. The Morgan fingerprint density at radius 3 is 2.40 bits per heavy atom. The lowest BCUT2D eigenvalue weighted by Gasteiger charge is -2.26. The van der Waals surface area contributed by atoms with Gasteiger partial charge >= 0.3 is 0 Å². The largest absolute Gasteiger partial charge is 0.496 e. The van der Waals surface area contributed by atoms with Gasteiger partial charge in [0.2, 0.25) is 10.0 Å². The van der Waals surface area contributed by atoms with E-state index in [4.69, 9.17) is 4.74 Å². The van der Waals surface area contributed by atoms with Crippen LogP contribution in [-0.2, 0) is 10.0 Å². The molecule has 0 unspecified atom stereocenters. The van der Waals surface area contributed by atoms with Crippen LogP contribution in [0.3, 0.4) is 0 Å². The topological polar surface area (TPSA) is 75.7 Å². The molecule has 1 aliphatic heterocycles. The highest BCUT2D eigenvalue weighted by Gasteiger charge is 2.27. The third-order valence-corrected chi connectivity index (χ3v) is 7.27. The molecule has 6 nitrogen and oxygen atoms in total. The Bertz CT molecular complexity index is 1180. The van der Waals surface area contributed by atoms with Crippen molar-refractivity contribution in [2.24, 2.45) is 0 Å². The summed E-state index contributed by atoms with van der Waals surface area (Å²) in [5.41, 5.74) is 0.814. The Labute approximate surface area is 176 Å². The molecule has 0 aromatic heterocycles. The molecule has 4 rings (SSSR count). The lowest BCUT2D eigenvalue weighted by Crippen LogP contribution is -2.35. The molecule has 3 aromatic rings. The Kier molecular flexibility index (Phi) is 5.74. The Morgan fingerprint density at radius 2 is 1.67 bits per heavy atom. The lowest BCUT2D eigenvalue weighted by molar-refractivity contribution is 0.102. The van der Waals surface area contributed by atoms with Gasteiger partial charge in [-0.1, -0.05) is 36.8 Å². The SMILES string of the molecule is COc1ccc(S(=O)(=O)N2CCCCC2)cc1C(=O)Nc1ccc2ccccc2c1. The van der Waals surface area contributed by atoms with Crippen LogP contribution in [0.15, 0.2) is 65.6 Å². The quantitative estimate of drug-likeness (QED) is 0.663. The van der Waals surface area contributed by atoms with Crippen LogP contribution < -0.4 is 10.1 Å². The summed E-state index contributed by atoms with van der Waals surface area (Å²) in [5, 5.41) is 4.93. The summed E-state index contributed by atoms with van der Waals surface area (Å²) in [4.78, 5) is 13.1. The number of hydrogen-bond donors (Lipinski definition) is 1. The van der Waals surface area contributed by atoms with Crippen molar-refractivity contribution in [3.63, 3.8) is 0 Å². The van der Waals surface area contributed by atoms with Gasteiger partial charge in [0, 0.05) is 18.8 Å². The molecular formula is C23H24N2O4S. The average Bonchev–Trinajstić information content (AvgIpc) is 2.79. The van der Waals surface area contributed by atoms with Gasteiger partial charge in [0.05, 0.1) is 17.6 Å². The van der Waals surface area contributed by atoms with Gasteiger partial charge in [-0.05, 0) is 53.9 Å². The molecule has 156 valence electrons. The zero-order valence-electron chi connectivity index (χ0n) is 16.8. The standard InChI is InChI=1S/C23H24N2O4S/c1-29-22-12-11-20(30(27,28)25-13-5-2-6-14-25)16-21(22)23(26)24-19-10-9-17-7-3-4-8-18(17)15-19/h3-4,7-12,15-16H,2,5-6,13-14H2,1H3,(H,24,26). The van der Waals surface area contributed by atoms with Gasteiger partial charge in [0.25, 0.3) is 5.91 Å². The smallest absolute Gasteiger partial charge is 0.259 e. The van der Waals surface area contributed by atoms with E-state index >= 15 is 0 Å². The summed E-state index contributed by atoms with van der Waals surface area (Å²) in [6, 6.07) is 17.9. The molecule has 0 atom stereocenters. The second kappa shape index (κ2) is 8.45. The number of hydrogen-bond acceptors (Lipinski definition) is 4. The number of carbonyl (C=O) groups excluding carboxylic acids is 1. The fourth-order valence-electron chi connectivity index (χ4n) is 3.74. The number of nitrogens with zero attached hydrogens (tertiary/aromatic N) is 1. The minimum Gasteiger partial charge on any atom is -0.496 e. The van der Waals surface area contributed by atoms with Gasteiger partial charge in [-0.3, -0.25) is 4.79 Å². The van der Waals surface area contributed by atoms with E-state index in [1.807, 2.05) is 42.5 Å². The first kappa shape index (κ1) is 20.4. The van der Waals surface area contributed by atoms with Crippen molar-refractivity contribution in [1.82, 2.24) is 4.31 Å². The summed E-state index contributed by atoms with van der Waals surface area (Å²) in [6.07, 6.45) is 2.74. The second-order valence-corrected chi connectivity index (χ2v) is 9.28. The number of piperidine rings is 1. The van der Waals surface area contributed by atoms with Crippen LogP contribution in [0, 0.1) is 0 Å². The Hall–Kier alpha value is -2.90. The number of nitrogens with one attached hydrogen (secondary N) is 1. The van der Waals surface area contributed by atoms with E-state index in [2.05, 4.69) is 5.32 Å². The van der Waals surface area contributed by atoms with Crippen molar-refractivity contribution >= 4 is 32.4 Å². The molecule has 30 heavy (non-hydrogen) atoms. The number of carbonyl (C=O) groups is 1. The molecule has 0 aliphatic carbocycles. The molecule has 1 N–H and O–H groups in total. The molecule has 1 heterocycles. The second-order valence-electron chi connectivity index (χ2n) is 7.34. The summed E-state index contributed by atoms with van der Waals surface area (Å²) in [7, 11) is -2.19. The number of rotatable bonds is 5. The molecule has 3 aromatic carbocycles. The van der Waals surface area contributed by atoms with Gasteiger partial charge in [-0.25, -0.2) is 8.42 Å². The number of sulfonamides is 1. The number of ether oxygens (including phenoxy) is 1.